The molecule has 114 valence electrons. The van der Waals surface area contributed by atoms with Crippen molar-refractivity contribution in [1.82, 2.24) is 10.3 Å². The van der Waals surface area contributed by atoms with Crippen LogP contribution in [-0.2, 0) is 6.54 Å². The van der Waals surface area contributed by atoms with E-state index in [1.807, 2.05) is 13.0 Å². The Kier molecular flexibility index (Phi) is 3.21. The number of nitrogens with one attached hydrogen (secondary N) is 1. The molecule has 4 aliphatic rings. The average molecular weight is 286 g/mol. The minimum atomic E-state index is 0.410. The summed E-state index contributed by atoms with van der Waals surface area (Å²) in [6.07, 6.45) is 8.66. The van der Waals surface area contributed by atoms with Gasteiger partial charge in [0.1, 0.15) is 5.75 Å². The Morgan fingerprint density at radius 2 is 1.76 bits per heavy atom. The summed E-state index contributed by atoms with van der Waals surface area (Å²) < 4.78 is 5.36. The van der Waals surface area contributed by atoms with Crippen LogP contribution >= 0.6 is 0 Å². The first-order valence-corrected chi connectivity index (χ1v) is 8.41. The van der Waals surface area contributed by atoms with Crippen LogP contribution in [0.15, 0.2) is 12.1 Å². The monoisotopic (exact) mass is 286 g/mol. The van der Waals surface area contributed by atoms with Crippen LogP contribution in [0.5, 0.6) is 5.75 Å². The van der Waals surface area contributed by atoms with E-state index in [1.165, 1.54) is 38.5 Å². The van der Waals surface area contributed by atoms with Gasteiger partial charge in [-0.2, -0.15) is 0 Å². The topological polar surface area (TPSA) is 34.1 Å². The lowest BCUT2D eigenvalue weighted by Gasteiger charge is -2.57. The van der Waals surface area contributed by atoms with Gasteiger partial charge in [-0.1, -0.05) is 0 Å². The number of aryl methyl sites for hydroxylation is 1. The lowest BCUT2D eigenvalue weighted by atomic mass is 9.53. The van der Waals surface area contributed by atoms with Crippen LogP contribution < -0.4 is 10.1 Å². The van der Waals surface area contributed by atoms with Crippen LogP contribution in [0, 0.1) is 24.7 Å². The standard InChI is InChI=1S/C18H26N2O/c1-12-3-17(21-2)7-16(20-12)11-19-18-8-13-4-14(9-18)6-15(5-13)10-18/h3,7,13-15,19H,4-6,8-11H2,1-2H3. The molecule has 3 heteroatoms. The average Bonchev–Trinajstić information content (AvgIpc) is 2.43. The first kappa shape index (κ1) is 13.6. The predicted molar refractivity (Wildman–Crippen MR) is 83.3 cm³/mol. The van der Waals surface area contributed by atoms with Gasteiger partial charge < -0.3 is 10.1 Å². The summed E-state index contributed by atoms with van der Waals surface area (Å²) in [5, 5.41) is 3.90. The molecule has 0 aromatic carbocycles. The van der Waals surface area contributed by atoms with Gasteiger partial charge in [0.05, 0.1) is 12.8 Å². The predicted octanol–water partition coefficient (Wildman–Crippen LogP) is 3.46. The number of hydrogen-bond acceptors (Lipinski definition) is 3. The molecule has 0 atom stereocenters. The highest BCUT2D eigenvalue weighted by Crippen LogP contribution is 2.55. The van der Waals surface area contributed by atoms with Gasteiger partial charge in [0.2, 0.25) is 0 Å². The van der Waals surface area contributed by atoms with E-state index in [1.54, 1.807) is 7.11 Å². The molecule has 0 radical (unpaired) electrons. The zero-order chi connectivity index (χ0) is 14.4. The highest BCUT2D eigenvalue weighted by atomic mass is 16.5. The quantitative estimate of drug-likeness (QED) is 0.920. The Balaban J connectivity index is 1.48. The van der Waals surface area contributed by atoms with Crippen LogP contribution in [0.25, 0.3) is 0 Å². The second kappa shape index (κ2) is 4.98. The van der Waals surface area contributed by atoms with Crippen molar-refractivity contribution in [3.05, 3.63) is 23.5 Å². The summed E-state index contributed by atoms with van der Waals surface area (Å²) in [4.78, 5) is 4.66. The molecule has 0 aliphatic heterocycles. The molecule has 4 aliphatic carbocycles. The van der Waals surface area contributed by atoms with E-state index >= 15 is 0 Å². The van der Waals surface area contributed by atoms with E-state index in [9.17, 15) is 0 Å². The summed E-state index contributed by atoms with van der Waals surface area (Å²) in [5.41, 5.74) is 2.56. The third-order valence-corrected chi connectivity index (χ3v) is 5.90. The van der Waals surface area contributed by atoms with Crippen LogP contribution in [0.2, 0.25) is 0 Å². The molecule has 5 rings (SSSR count). The zero-order valence-electron chi connectivity index (χ0n) is 13.2. The lowest BCUT2D eigenvalue weighted by molar-refractivity contribution is -0.0207. The van der Waals surface area contributed by atoms with Gasteiger partial charge in [0.25, 0.3) is 0 Å². The van der Waals surface area contributed by atoms with Gasteiger partial charge in [0.15, 0.2) is 0 Å². The fraction of sp³-hybridized carbons (Fsp3) is 0.722. The SMILES string of the molecule is COc1cc(C)nc(CNC23CC4CC(CC(C4)C2)C3)c1. The molecular weight excluding hydrogens is 260 g/mol. The van der Waals surface area contributed by atoms with E-state index in [4.69, 9.17) is 4.74 Å². The molecule has 1 N–H and O–H groups in total. The molecule has 1 aromatic rings. The van der Waals surface area contributed by atoms with Crippen molar-refractivity contribution in [1.29, 1.82) is 0 Å². The number of ether oxygens (including phenoxy) is 1. The van der Waals surface area contributed by atoms with E-state index < -0.39 is 0 Å². The lowest BCUT2D eigenvalue weighted by Crippen LogP contribution is -2.58. The van der Waals surface area contributed by atoms with Crippen LogP contribution in [0.4, 0.5) is 0 Å². The molecule has 4 bridgehead atoms. The Labute approximate surface area is 127 Å². The fourth-order valence-electron chi connectivity index (χ4n) is 5.52. The van der Waals surface area contributed by atoms with Gasteiger partial charge >= 0.3 is 0 Å². The second-order valence-electron chi connectivity index (χ2n) is 7.69. The van der Waals surface area contributed by atoms with Crippen molar-refractivity contribution in [2.45, 2.75) is 57.5 Å². The molecule has 3 nitrogen and oxygen atoms in total. The Bertz CT molecular complexity index is 505. The van der Waals surface area contributed by atoms with Crippen LogP contribution in [0.1, 0.15) is 49.9 Å². The minimum absolute atomic E-state index is 0.410. The molecule has 0 saturated heterocycles. The van der Waals surface area contributed by atoms with Gasteiger partial charge in [-0.15, -0.1) is 0 Å². The first-order chi connectivity index (χ1) is 10.1. The van der Waals surface area contributed by atoms with Crippen molar-refractivity contribution in [3.8, 4) is 5.75 Å². The normalized spacial score (nSPS) is 37.0. The van der Waals surface area contributed by atoms with Crippen molar-refractivity contribution in [2.75, 3.05) is 7.11 Å². The van der Waals surface area contributed by atoms with Crippen molar-refractivity contribution in [2.24, 2.45) is 17.8 Å². The van der Waals surface area contributed by atoms with Crippen LogP contribution in [-0.4, -0.2) is 17.6 Å². The molecule has 1 aromatic heterocycles. The van der Waals surface area contributed by atoms with Crippen LogP contribution in [0.3, 0.4) is 0 Å². The number of hydrogen-bond donors (Lipinski definition) is 1. The molecular formula is C18H26N2O. The fourth-order valence-corrected chi connectivity index (χ4v) is 5.52. The second-order valence-corrected chi connectivity index (χ2v) is 7.69. The first-order valence-electron chi connectivity index (χ1n) is 8.41. The molecule has 1 heterocycles. The highest BCUT2D eigenvalue weighted by Gasteiger charge is 2.50. The molecule has 21 heavy (non-hydrogen) atoms. The van der Waals surface area contributed by atoms with Gasteiger partial charge in [-0.05, 0) is 63.2 Å². The van der Waals surface area contributed by atoms with E-state index in [0.29, 0.717) is 5.54 Å². The number of aromatic nitrogens is 1. The number of rotatable bonds is 4. The van der Waals surface area contributed by atoms with Gasteiger partial charge in [-0.3, -0.25) is 4.98 Å². The third-order valence-electron chi connectivity index (χ3n) is 5.90. The number of methoxy groups -OCH3 is 1. The summed E-state index contributed by atoms with van der Waals surface area (Å²) in [6, 6.07) is 4.06. The summed E-state index contributed by atoms with van der Waals surface area (Å²) in [6.45, 7) is 2.92. The summed E-state index contributed by atoms with van der Waals surface area (Å²) in [7, 11) is 1.73. The number of pyridine rings is 1. The van der Waals surface area contributed by atoms with Gasteiger partial charge in [0, 0.05) is 29.9 Å². The Hall–Kier alpha value is -1.09. The molecule has 4 saturated carbocycles. The zero-order valence-corrected chi connectivity index (χ0v) is 13.2. The van der Waals surface area contributed by atoms with Crippen molar-refractivity contribution in [3.63, 3.8) is 0 Å². The molecule has 0 spiro atoms. The van der Waals surface area contributed by atoms with Crippen molar-refractivity contribution >= 4 is 0 Å². The highest BCUT2D eigenvalue weighted by molar-refractivity contribution is 5.26. The third kappa shape index (κ3) is 2.57. The van der Waals surface area contributed by atoms with E-state index in [0.717, 1.165) is 41.4 Å². The summed E-state index contributed by atoms with van der Waals surface area (Å²) in [5.74, 6) is 3.89. The minimum Gasteiger partial charge on any atom is -0.497 e. The van der Waals surface area contributed by atoms with E-state index in [2.05, 4.69) is 16.4 Å². The summed E-state index contributed by atoms with van der Waals surface area (Å²) >= 11 is 0. The largest absolute Gasteiger partial charge is 0.497 e. The molecule has 0 amide bonds. The Morgan fingerprint density at radius 3 is 2.33 bits per heavy atom. The Morgan fingerprint density at radius 1 is 1.14 bits per heavy atom. The van der Waals surface area contributed by atoms with Gasteiger partial charge in [-0.25, -0.2) is 0 Å². The maximum Gasteiger partial charge on any atom is 0.122 e. The smallest absolute Gasteiger partial charge is 0.122 e. The molecule has 0 unspecified atom stereocenters. The maximum atomic E-state index is 5.36. The van der Waals surface area contributed by atoms with E-state index in [-0.39, 0.29) is 0 Å². The molecule has 4 fully saturated rings. The van der Waals surface area contributed by atoms with Crippen molar-refractivity contribution < 1.29 is 4.74 Å². The number of nitrogens with zero attached hydrogens (tertiary/aromatic N) is 1. The maximum absolute atomic E-state index is 5.36.